The van der Waals surface area contributed by atoms with Crippen LogP contribution in [0.15, 0.2) is 66.7 Å². The monoisotopic (exact) mass is 750 g/mol. The summed E-state index contributed by atoms with van der Waals surface area (Å²) in [5, 5.41) is 20.4. The zero-order valence-corrected chi connectivity index (χ0v) is 29.4. The van der Waals surface area contributed by atoms with E-state index in [9.17, 15) is 46.5 Å². The number of phenolic OH excluding ortho intramolecular Hbond substituents is 2. The lowest BCUT2D eigenvalue weighted by Gasteiger charge is -2.30. The number of esters is 2. The maximum Gasteiger partial charge on any atom is 0.453 e. The van der Waals surface area contributed by atoms with Crippen LogP contribution in [0.25, 0.3) is 20.5 Å². The molecule has 0 spiro atoms. The van der Waals surface area contributed by atoms with Crippen molar-refractivity contribution in [2.45, 2.75) is 70.9 Å². The summed E-state index contributed by atoms with van der Waals surface area (Å²) >= 11 is 1.35. The first-order chi connectivity index (χ1) is 24.6. The second-order valence-corrected chi connectivity index (χ2v) is 13.2. The van der Waals surface area contributed by atoms with Crippen molar-refractivity contribution in [3.05, 3.63) is 77.9 Å². The molecule has 0 unspecified atom stereocenters. The summed E-state index contributed by atoms with van der Waals surface area (Å²) < 4.78 is 82.1. The Morgan fingerprint density at radius 2 is 1.31 bits per heavy atom. The van der Waals surface area contributed by atoms with Crippen LogP contribution in [0.4, 0.5) is 22.0 Å². The molecule has 52 heavy (non-hydrogen) atoms. The van der Waals surface area contributed by atoms with Gasteiger partial charge in [-0.05, 0) is 112 Å². The standard InChI is InChI=1S/C38H39F5O8S/c1-3-49-34(47)36(35(48)50-4-2,20-8-21-37(39,40)38(41,42)43)19-6-5-7-22-51-28-16-11-24(12-17-28)32(46)31-29-18-15-27(45)23-30(29)52-33(31)25-9-13-26(44)14-10-25/h9-18,23,44-45H,3-8,19-22H2,1-2H3. The number of carbonyl (C=O) groups is 3. The van der Waals surface area contributed by atoms with E-state index in [0.29, 0.717) is 40.0 Å². The van der Waals surface area contributed by atoms with E-state index < -0.39 is 48.7 Å². The molecule has 0 saturated heterocycles. The Kier molecular flexibility index (Phi) is 13.2. The summed E-state index contributed by atoms with van der Waals surface area (Å²) in [4.78, 5) is 40.5. The lowest BCUT2D eigenvalue weighted by molar-refractivity contribution is -0.284. The smallest absolute Gasteiger partial charge is 0.453 e. The highest BCUT2D eigenvalue weighted by Crippen LogP contribution is 2.43. The average Bonchev–Trinajstić information content (AvgIpc) is 3.47. The van der Waals surface area contributed by atoms with Crippen LogP contribution in [0.2, 0.25) is 0 Å². The van der Waals surface area contributed by atoms with Crippen molar-refractivity contribution in [3.63, 3.8) is 0 Å². The Balaban J connectivity index is 1.39. The first-order valence-corrected chi connectivity index (χ1v) is 17.6. The van der Waals surface area contributed by atoms with Gasteiger partial charge in [-0.1, -0.05) is 12.8 Å². The highest BCUT2D eigenvalue weighted by atomic mass is 32.1. The van der Waals surface area contributed by atoms with Gasteiger partial charge in [0, 0.05) is 32.5 Å². The van der Waals surface area contributed by atoms with Crippen LogP contribution in [-0.2, 0) is 19.1 Å². The number of hydrogen-bond acceptors (Lipinski definition) is 9. The van der Waals surface area contributed by atoms with Crippen molar-refractivity contribution >= 4 is 39.1 Å². The molecule has 2 N–H and O–H groups in total. The van der Waals surface area contributed by atoms with Gasteiger partial charge in [-0.2, -0.15) is 22.0 Å². The maximum atomic E-state index is 13.8. The fourth-order valence-corrected chi connectivity index (χ4v) is 7.02. The number of fused-ring (bicyclic) bond motifs is 1. The van der Waals surface area contributed by atoms with Gasteiger partial charge in [0.1, 0.15) is 17.2 Å². The van der Waals surface area contributed by atoms with E-state index in [2.05, 4.69) is 0 Å². The third-order valence-electron chi connectivity index (χ3n) is 8.50. The highest BCUT2D eigenvalue weighted by Gasteiger charge is 2.57. The number of rotatable bonds is 18. The molecule has 0 aliphatic heterocycles. The molecule has 0 aliphatic carbocycles. The Hall–Kier alpha value is -4.72. The van der Waals surface area contributed by atoms with Crippen molar-refractivity contribution in [2.24, 2.45) is 5.41 Å². The molecule has 0 radical (unpaired) electrons. The van der Waals surface area contributed by atoms with Crippen molar-refractivity contribution in [1.29, 1.82) is 0 Å². The number of alkyl halides is 5. The zero-order chi connectivity index (χ0) is 38.1. The third-order valence-corrected chi connectivity index (χ3v) is 9.71. The summed E-state index contributed by atoms with van der Waals surface area (Å²) in [5.41, 5.74) is -0.461. The van der Waals surface area contributed by atoms with Gasteiger partial charge in [0.05, 0.1) is 19.8 Å². The van der Waals surface area contributed by atoms with Crippen molar-refractivity contribution in [2.75, 3.05) is 19.8 Å². The van der Waals surface area contributed by atoms with E-state index in [1.54, 1.807) is 48.5 Å². The van der Waals surface area contributed by atoms with Gasteiger partial charge in [0.2, 0.25) is 0 Å². The Morgan fingerprint density at radius 3 is 1.90 bits per heavy atom. The number of phenols is 2. The molecular formula is C38H39F5O8S. The van der Waals surface area contributed by atoms with Crippen molar-refractivity contribution < 1.29 is 60.8 Å². The molecule has 3 aromatic carbocycles. The van der Waals surface area contributed by atoms with Gasteiger partial charge < -0.3 is 24.4 Å². The van der Waals surface area contributed by atoms with E-state index in [1.165, 1.54) is 43.4 Å². The Labute approximate surface area is 301 Å². The van der Waals surface area contributed by atoms with Crippen molar-refractivity contribution in [1.82, 2.24) is 0 Å². The number of unbranched alkanes of at least 4 members (excludes halogenated alkanes) is 2. The fourth-order valence-electron chi connectivity index (χ4n) is 5.78. The van der Waals surface area contributed by atoms with Crippen LogP contribution in [0.5, 0.6) is 17.2 Å². The van der Waals surface area contributed by atoms with E-state index in [-0.39, 0.29) is 49.9 Å². The van der Waals surface area contributed by atoms with E-state index in [0.717, 1.165) is 10.3 Å². The van der Waals surface area contributed by atoms with Crippen LogP contribution >= 0.6 is 11.3 Å². The molecule has 280 valence electrons. The topological polar surface area (TPSA) is 119 Å². The maximum absolute atomic E-state index is 13.8. The predicted octanol–water partition coefficient (Wildman–Crippen LogP) is 9.63. The molecule has 0 aliphatic rings. The molecule has 0 fully saturated rings. The minimum absolute atomic E-state index is 0.0658. The van der Waals surface area contributed by atoms with Crippen LogP contribution < -0.4 is 4.74 Å². The van der Waals surface area contributed by atoms with Gasteiger partial charge in [0.25, 0.3) is 0 Å². The number of ketones is 1. The van der Waals surface area contributed by atoms with Gasteiger partial charge in [-0.25, -0.2) is 0 Å². The zero-order valence-electron chi connectivity index (χ0n) is 28.6. The van der Waals surface area contributed by atoms with Gasteiger partial charge >= 0.3 is 24.0 Å². The van der Waals surface area contributed by atoms with Gasteiger partial charge in [-0.3, -0.25) is 14.4 Å². The van der Waals surface area contributed by atoms with E-state index >= 15 is 0 Å². The van der Waals surface area contributed by atoms with Crippen LogP contribution in [0, 0.1) is 5.41 Å². The molecular weight excluding hydrogens is 711 g/mol. The number of carbonyl (C=O) groups excluding carboxylic acids is 3. The largest absolute Gasteiger partial charge is 0.508 e. The number of ether oxygens (including phenoxy) is 3. The lowest BCUT2D eigenvalue weighted by Crippen LogP contribution is -2.43. The SMILES string of the molecule is CCOC(=O)C(CCCCCOc1ccc(C(=O)c2c(-c3ccc(O)cc3)sc3cc(O)ccc23)cc1)(CCCC(F)(F)C(F)(F)F)C(=O)OCC. The summed E-state index contributed by atoms with van der Waals surface area (Å²) in [6, 6.07) is 17.8. The molecule has 0 bridgehead atoms. The summed E-state index contributed by atoms with van der Waals surface area (Å²) in [6.07, 6.45) is -7.82. The lowest BCUT2D eigenvalue weighted by atomic mass is 9.77. The second-order valence-electron chi connectivity index (χ2n) is 12.1. The van der Waals surface area contributed by atoms with E-state index in [1.807, 2.05) is 0 Å². The van der Waals surface area contributed by atoms with Crippen LogP contribution in [0.1, 0.15) is 74.7 Å². The van der Waals surface area contributed by atoms with E-state index in [4.69, 9.17) is 14.2 Å². The number of hydrogen-bond donors (Lipinski definition) is 2. The number of halogens is 5. The quantitative estimate of drug-likeness (QED) is 0.0339. The first kappa shape index (κ1) is 40.1. The van der Waals surface area contributed by atoms with Gasteiger partial charge in [-0.15, -0.1) is 11.3 Å². The molecule has 8 nitrogen and oxygen atoms in total. The van der Waals surface area contributed by atoms with Crippen LogP contribution in [0.3, 0.4) is 0 Å². The van der Waals surface area contributed by atoms with Crippen molar-refractivity contribution in [3.8, 4) is 27.7 Å². The minimum atomic E-state index is -5.76. The normalized spacial score (nSPS) is 12.1. The number of aromatic hydroxyl groups is 2. The average molecular weight is 751 g/mol. The van der Waals surface area contributed by atoms with Gasteiger partial charge in [0.15, 0.2) is 11.2 Å². The second kappa shape index (κ2) is 17.2. The summed E-state index contributed by atoms with van der Waals surface area (Å²) in [5.74, 6) is -6.67. The molecule has 4 aromatic rings. The Bertz CT molecular complexity index is 1820. The third kappa shape index (κ3) is 9.38. The molecule has 4 rings (SSSR count). The summed E-state index contributed by atoms with van der Waals surface area (Å²) in [6.45, 7) is 2.91. The number of benzene rings is 3. The first-order valence-electron chi connectivity index (χ1n) is 16.7. The highest BCUT2D eigenvalue weighted by molar-refractivity contribution is 7.22. The van der Waals surface area contributed by atoms with Crippen LogP contribution in [-0.4, -0.2) is 59.9 Å². The fraction of sp³-hybridized carbons (Fsp3) is 0.395. The number of thiophene rings is 1. The Morgan fingerprint density at radius 1 is 0.712 bits per heavy atom. The molecule has 0 saturated carbocycles. The minimum Gasteiger partial charge on any atom is -0.508 e. The summed E-state index contributed by atoms with van der Waals surface area (Å²) in [7, 11) is 0. The molecule has 0 amide bonds. The molecule has 0 atom stereocenters. The molecule has 14 heteroatoms. The molecule has 1 heterocycles. The molecule has 1 aromatic heterocycles. The predicted molar refractivity (Wildman–Crippen MR) is 185 cm³/mol.